The summed E-state index contributed by atoms with van der Waals surface area (Å²) >= 11 is 0. The van der Waals surface area contributed by atoms with E-state index in [1.54, 1.807) is 19.1 Å². The normalized spacial score (nSPS) is 11.8. The molecule has 1 unspecified atom stereocenters. The molecular formula is C18H20N4O4. The van der Waals surface area contributed by atoms with Gasteiger partial charge < -0.3 is 10.1 Å². The van der Waals surface area contributed by atoms with Crippen molar-refractivity contribution in [1.82, 2.24) is 5.43 Å². The van der Waals surface area contributed by atoms with E-state index in [1.807, 2.05) is 31.2 Å². The lowest BCUT2D eigenvalue weighted by Crippen LogP contribution is -2.34. The second kappa shape index (κ2) is 9.16. The van der Waals surface area contributed by atoms with Crippen molar-refractivity contribution in [2.75, 3.05) is 11.9 Å². The van der Waals surface area contributed by atoms with Gasteiger partial charge in [-0.2, -0.15) is 5.10 Å². The van der Waals surface area contributed by atoms with Crippen molar-refractivity contribution in [3.8, 4) is 5.75 Å². The summed E-state index contributed by atoms with van der Waals surface area (Å²) in [5.74, 6) is 0.458. The molecule has 2 rings (SSSR count). The number of ether oxygens (including phenoxy) is 1. The Balaban J connectivity index is 1.85. The second-order valence-electron chi connectivity index (χ2n) is 5.41. The zero-order valence-electron chi connectivity index (χ0n) is 14.5. The highest BCUT2D eigenvalue weighted by molar-refractivity contribution is 5.86. The van der Waals surface area contributed by atoms with Crippen molar-refractivity contribution in [2.45, 2.75) is 19.9 Å². The Morgan fingerprint density at radius 3 is 2.46 bits per heavy atom. The van der Waals surface area contributed by atoms with Crippen LogP contribution < -0.4 is 15.5 Å². The van der Waals surface area contributed by atoms with Gasteiger partial charge in [0.1, 0.15) is 11.8 Å². The first-order chi connectivity index (χ1) is 12.5. The molecule has 1 atom stereocenters. The number of non-ortho nitro benzene ring substituents is 1. The van der Waals surface area contributed by atoms with Crippen molar-refractivity contribution in [1.29, 1.82) is 0 Å². The predicted molar refractivity (Wildman–Crippen MR) is 99.5 cm³/mol. The standard InChI is InChI=1S/C18H20N4O4/c1-3-26-17-10-6-15(7-11-17)20-13(2)18(23)21-19-12-14-4-8-16(9-5-14)22(24)25/h4-13,20H,3H2,1-2H3,(H,21,23). The van der Waals surface area contributed by atoms with Crippen LogP contribution in [0.15, 0.2) is 53.6 Å². The Morgan fingerprint density at radius 2 is 1.88 bits per heavy atom. The summed E-state index contributed by atoms with van der Waals surface area (Å²) in [5, 5.41) is 17.5. The average molecular weight is 356 g/mol. The number of benzene rings is 2. The van der Waals surface area contributed by atoms with Gasteiger partial charge >= 0.3 is 0 Å². The molecule has 8 nitrogen and oxygen atoms in total. The largest absolute Gasteiger partial charge is 0.494 e. The topological polar surface area (TPSA) is 106 Å². The Morgan fingerprint density at radius 1 is 1.23 bits per heavy atom. The van der Waals surface area contributed by atoms with Crippen molar-refractivity contribution in [3.05, 3.63) is 64.2 Å². The number of nitro groups is 1. The van der Waals surface area contributed by atoms with E-state index in [0.717, 1.165) is 11.4 Å². The van der Waals surface area contributed by atoms with Gasteiger partial charge in [0.25, 0.3) is 11.6 Å². The van der Waals surface area contributed by atoms with E-state index in [9.17, 15) is 14.9 Å². The molecule has 1 amide bonds. The third-order valence-corrected chi connectivity index (χ3v) is 3.43. The molecule has 0 saturated heterocycles. The fraction of sp³-hybridized carbons (Fsp3) is 0.222. The lowest BCUT2D eigenvalue weighted by atomic mass is 10.2. The minimum absolute atomic E-state index is 0.000590. The van der Waals surface area contributed by atoms with E-state index in [2.05, 4.69) is 15.8 Å². The summed E-state index contributed by atoms with van der Waals surface area (Å²) in [7, 11) is 0. The third-order valence-electron chi connectivity index (χ3n) is 3.43. The molecule has 2 aromatic rings. The van der Waals surface area contributed by atoms with Crippen LogP contribution in [0.1, 0.15) is 19.4 Å². The molecule has 0 aromatic heterocycles. The van der Waals surface area contributed by atoms with Crippen LogP contribution in [-0.2, 0) is 4.79 Å². The van der Waals surface area contributed by atoms with Gasteiger partial charge in [-0.1, -0.05) is 0 Å². The highest BCUT2D eigenvalue weighted by Gasteiger charge is 2.11. The Kier molecular flexibility index (Phi) is 6.67. The van der Waals surface area contributed by atoms with Gasteiger partial charge in [-0.05, 0) is 55.8 Å². The van der Waals surface area contributed by atoms with Crippen LogP contribution in [0.4, 0.5) is 11.4 Å². The van der Waals surface area contributed by atoms with Gasteiger partial charge in [0.15, 0.2) is 0 Å². The predicted octanol–water partition coefficient (Wildman–Crippen LogP) is 2.94. The van der Waals surface area contributed by atoms with Gasteiger partial charge in [0.05, 0.1) is 17.7 Å². The zero-order valence-corrected chi connectivity index (χ0v) is 14.5. The molecule has 8 heteroatoms. The summed E-state index contributed by atoms with van der Waals surface area (Å²) < 4.78 is 5.37. The molecule has 0 aliphatic carbocycles. The lowest BCUT2D eigenvalue weighted by molar-refractivity contribution is -0.384. The third kappa shape index (κ3) is 5.59. The highest BCUT2D eigenvalue weighted by atomic mass is 16.6. The van der Waals surface area contributed by atoms with Crippen molar-refractivity contribution < 1.29 is 14.5 Å². The summed E-state index contributed by atoms with van der Waals surface area (Å²) in [5.41, 5.74) is 3.86. The summed E-state index contributed by atoms with van der Waals surface area (Å²) in [6.45, 7) is 4.22. The highest BCUT2D eigenvalue weighted by Crippen LogP contribution is 2.16. The van der Waals surface area contributed by atoms with Crippen LogP contribution in [0.2, 0.25) is 0 Å². The van der Waals surface area contributed by atoms with Crippen LogP contribution in [0, 0.1) is 10.1 Å². The Bertz CT molecular complexity index is 773. The van der Waals surface area contributed by atoms with Gasteiger partial charge in [0.2, 0.25) is 0 Å². The molecule has 0 saturated carbocycles. The molecule has 0 bridgehead atoms. The second-order valence-corrected chi connectivity index (χ2v) is 5.41. The zero-order chi connectivity index (χ0) is 18.9. The SMILES string of the molecule is CCOc1ccc(NC(C)C(=O)NN=Cc2ccc([N+](=O)[O-])cc2)cc1. The van der Waals surface area contributed by atoms with Crippen molar-refractivity contribution >= 4 is 23.5 Å². The number of carbonyl (C=O) groups excluding carboxylic acids is 1. The molecule has 2 N–H and O–H groups in total. The summed E-state index contributed by atoms with van der Waals surface area (Å²) in [4.78, 5) is 22.2. The summed E-state index contributed by atoms with van der Waals surface area (Å²) in [6, 6.07) is 12.7. The molecule has 26 heavy (non-hydrogen) atoms. The minimum atomic E-state index is -0.498. The number of carbonyl (C=O) groups is 1. The van der Waals surface area contributed by atoms with E-state index in [4.69, 9.17) is 4.74 Å². The van der Waals surface area contributed by atoms with Gasteiger partial charge in [-0.15, -0.1) is 0 Å². The molecule has 0 aliphatic heterocycles. The van der Waals surface area contributed by atoms with Crippen molar-refractivity contribution in [2.24, 2.45) is 5.10 Å². The smallest absolute Gasteiger partial charge is 0.269 e. The van der Waals surface area contributed by atoms with Crippen LogP contribution >= 0.6 is 0 Å². The number of amides is 1. The number of nitrogens with zero attached hydrogens (tertiary/aromatic N) is 2. The van der Waals surface area contributed by atoms with E-state index < -0.39 is 11.0 Å². The number of hydrogen-bond donors (Lipinski definition) is 2. The summed E-state index contributed by atoms with van der Waals surface area (Å²) in [6.07, 6.45) is 1.42. The number of rotatable bonds is 8. The molecule has 0 heterocycles. The van der Waals surface area contributed by atoms with E-state index in [1.165, 1.54) is 18.3 Å². The number of nitro benzene ring substituents is 1. The molecule has 136 valence electrons. The monoisotopic (exact) mass is 356 g/mol. The molecule has 0 aliphatic rings. The maximum Gasteiger partial charge on any atom is 0.269 e. The van der Waals surface area contributed by atoms with Crippen LogP contribution in [-0.4, -0.2) is 29.7 Å². The fourth-order valence-electron chi connectivity index (χ4n) is 2.08. The molecule has 0 radical (unpaired) electrons. The van der Waals surface area contributed by atoms with Crippen LogP contribution in [0.25, 0.3) is 0 Å². The number of hydrazone groups is 1. The first-order valence-corrected chi connectivity index (χ1v) is 8.06. The number of hydrogen-bond acceptors (Lipinski definition) is 6. The van der Waals surface area contributed by atoms with Crippen molar-refractivity contribution in [3.63, 3.8) is 0 Å². The van der Waals surface area contributed by atoms with E-state index >= 15 is 0 Å². The van der Waals surface area contributed by atoms with Gasteiger partial charge in [0, 0.05) is 17.8 Å². The first kappa shape index (κ1) is 18.9. The molecule has 2 aromatic carbocycles. The van der Waals surface area contributed by atoms with Gasteiger partial charge in [-0.3, -0.25) is 14.9 Å². The average Bonchev–Trinajstić information content (AvgIpc) is 2.64. The van der Waals surface area contributed by atoms with Crippen LogP contribution in [0.5, 0.6) is 5.75 Å². The Hall–Kier alpha value is -3.42. The number of nitrogens with one attached hydrogen (secondary N) is 2. The maximum atomic E-state index is 12.0. The molecule has 0 fully saturated rings. The fourth-order valence-corrected chi connectivity index (χ4v) is 2.08. The quantitative estimate of drug-likeness (QED) is 0.430. The van der Waals surface area contributed by atoms with Gasteiger partial charge in [-0.25, -0.2) is 5.43 Å². The maximum absolute atomic E-state index is 12.0. The molecule has 0 spiro atoms. The first-order valence-electron chi connectivity index (χ1n) is 8.06. The van der Waals surface area contributed by atoms with E-state index in [-0.39, 0.29) is 11.6 Å². The lowest BCUT2D eigenvalue weighted by Gasteiger charge is -2.13. The van der Waals surface area contributed by atoms with E-state index in [0.29, 0.717) is 12.2 Å². The number of anilines is 1. The Labute approximate surface area is 151 Å². The minimum Gasteiger partial charge on any atom is -0.494 e. The molecular weight excluding hydrogens is 336 g/mol. The van der Waals surface area contributed by atoms with Crippen LogP contribution in [0.3, 0.4) is 0 Å².